The smallest absolute Gasteiger partial charge is 0.238 e. The Morgan fingerprint density at radius 1 is 1.19 bits per heavy atom. The second kappa shape index (κ2) is 12.6. The Hall–Kier alpha value is -0.870. The first kappa shape index (κ1) is 24.2. The van der Waals surface area contributed by atoms with E-state index in [4.69, 9.17) is 5.14 Å². The summed E-state index contributed by atoms with van der Waals surface area (Å²) in [5, 5.41) is 11.7. The summed E-state index contributed by atoms with van der Waals surface area (Å²) in [6.45, 7) is 4.48. The molecule has 0 aliphatic heterocycles. The van der Waals surface area contributed by atoms with E-state index in [9.17, 15) is 8.42 Å². The van der Waals surface area contributed by atoms with Crippen LogP contribution in [0.4, 0.5) is 0 Å². The molecule has 0 amide bonds. The number of nitrogens with two attached hydrogens (primary N) is 1. The Balaban J connectivity index is 0.00000364. The summed E-state index contributed by atoms with van der Waals surface area (Å²) in [5.74, 6) is 1.76. The van der Waals surface area contributed by atoms with Crippen LogP contribution in [0.2, 0.25) is 0 Å². The molecule has 1 saturated carbocycles. The number of hydrogen-bond acceptors (Lipinski definition) is 3. The van der Waals surface area contributed by atoms with Crippen molar-refractivity contribution in [2.24, 2.45) is 16.0 Å². The second-order valence-electron chi connectivity index (χ2n) is 6.92. The van der Waals surface area contributed by atoms with Gasteiger partial charge in [0.15, 0.2) is 5.96 Å². The van der Waals surface area contributed by atoms with E-state index < -0.39 is 10.0 Å². The summed E-state index contributed by atoms with van der Waals surface area (Å²) in [6.07, 6.45) is 8.82. The number of rotatable bonds is 9. The molecule has 0 unspecified atom stereocenters. The van der Waals surface area contributed by atoms with Crippen LogP contribution in [0.1, 0.15) is 51.0 Å². The largest absolute Gasteiger partial charge is 0.357 e. The van der Waals surface area contributed by atoms with E-state index in [0.717, 1.165) is 49.9 Å². The number of guanidine groups is 1. The monoisotopic (exact) mass is 508 g/mol. The molecule has 8 heteroatoms. The molecule has 6 nitrogen and oxygen atoms in total. The van der Waals surface area contributed by atoms with Crippen LogP contribution in [0.3, 0.4) is 0 Å². The van der Waals surface area contributed by atoms with Crippen molar-refractivity contribution in [3.63, 3.8) is 0 Å². The van der Waals surface area contributed by atoms with E-state index >= 15 is 0 Å². The maximum Gasteiger partial charge on any atom is 0.238 e. The van der Waals surface area contributed by atoms with Crippen molar-refractivity contribution >= 4 is 40.0 Å². The molecule has 27 heavy (non-hydrogen) atoms. The van der Waals surface area contributed by atoms with E-state index in [1.165, 1.54) is 32.1 Å². The maximum absolute atomic E-state index is 11.3. The van der Waals surface area contributed by atoms with Crippen LogP contribution < -0.4 is 15.8 Å². The van der Waals surface area contributed by atoms with Crippen LogP contribution in [-0.4, -0.2) is 34.0 Å². The quantitative estimate of drug-likeness (QED) is 0.207. The number of nitrogens with one attached hydrogen (secondary N) is 2. The lowest BCUT2D eigenvalue weighted by atomic mass is 10.0. The number of hydrogen-bond donors (Lipinski definition) is 3. The lowest BCUT2D eigenvalue weighted by Gasteiger charge is -2.12. The van der Waals surface area contributed by atoms with Crippen LogP contribution in [0, 0.1) is 5.92 Å². The van der Waals surface area contributed by atoms with Crippen molar-refractivity contribution in [3.8, 4) is 0 Å². The lowest BCUT2D eigenvalue weighted by Crippen LogP contribution is -2.38. The molecule has 1 aliphatic carbocycles. The first-order chi connectivity index (χ1) is 12.5. The van der Waals surface area contributed by atoms with Crippen molar-refractivity contribution < 1.29 is 8.42 Å². The highest BCUT2D eigenvalue weighted by Gasteiger charge is 2.13. The van der Waals surface area contributed by atoms with Crippen LogP contribution in [-0.2, 0) is 16.4 Å². The minimum absolute atomic E-state index is 0. The van der Waals surface area contributed by atoms with Gasteiger partial charge in [0, 0.05) is 19.6 Å². The van der Waals surface area contributed by atoms with Gasteiger partial charge in [-0.2, -0.15) is 0 Å². The van der Waals surface area contributed by atoms with Gasteiger partial charge in [0.1, 0.15) is 0 Å². The predicted octanol–water partition coefficient (Wildman–Crippen LogP) is 3.02. The van der Waals surface area contributed by atoms with E-state index in [1.54, 1.807) is 24.3 Å². The SMILES string of the molecule is CCNC(=NCCCC1CCCC1)NCCc1ccc(S(N)(=O)=O)cc1.I. The molecule has 154 valence electrons. The molecule has 0 saturated heterocycles. The summed E-state index contributed by atoms with van der Waals surface area (Å²) >= 11 is 0. The first-order valence-corrected chi connectivity index (χ1v) is 11.2. The molecule has 1 aromatic rings. The van der Waals surface area contributed by atoms with Gasteiger partial charge in [-0.3, -0.25) is 4.99 Å². The van der Waals surface area contributed by atoms with Gasteiger partial charge < -0.3 is 10.6 Å². The standard InChI is InChI=1S/C19H32N4O2S.HI/c1-2-21-19(22-14-5-8-16-6-3-4-7-16)23-15-13-17-9-11-18(12-10-17)26(20,24)25;/h9-12,16H,2-8,13-15H2,1H3,(H2,20,24,25)(H2,21,22,23);1H. The Morgan fingerprint density at radius 3 is 2.44 bits per heavy atom. The van der Waals surface area contributed by atoms with Gasteiger partial charge in [0.05, 0.1) is 4.90 Å². The predicted molar refractivity (Wildman–Crippen MR) is 122 cm³/mol. The zero-order valence-corrected chi connectivity index (χ0v) is 19.3. The first-order valence-electron chi connectivity index (χ1n) is 9.63. The van der Waals surface area contributed by atoms with Crippen molar-refractivity contribution in [3.05, 3.63) is 29.8 Å². The molecule has 2 rings (SSSR count). The number of aliphatic imine (C=N–C) groups is 1. The Labute approximate surface area is 180 Å². The van der Waals surface area contributed by atoms with Crippen molar-refractivity contribution in [1.82, 2.24) is 10.6 Å². The molecule has 4 N–H and O–H groups in total. The third-order valence-electron chi connectivity index (χ3n) is 4.82. The minimum atomic E-state index is -3.62. The van der Waals surface area contributed by atoms with Crippen molar-refractivity contribution in [2.45, 2.75) is 56.8 Å². The Bertz CT molecular complexity index is 671. The molecule has 0 atom stereocenters. The third-order valence-corrected chi connectivity index (χ3v) is 5.75. The molecule has 1 fully saturated rings. The number of halogens is 1. The van der Waals surface area contributed by atoms with Crippen LogP contribution in [0.15, 0.2) is 34.2 Å². The summed E-state index contributed by atoms with van der Waals surface area (Å²) in [7, 11) is -3.62. The Morgan fingerprint density at radius 2 is 1.85 bits per heavy atom. The third kappa shape index (κ3) is 9.25. The minimum Gasteiger partial charge on any atom is -0.357 e. The summed E-state index contributed by atoms with van der Waals surface area (Å²) in [5.41, 5.74) is 1.06. The zero-order chi connectivity index (χ0) is 18.8. The number of benzene rings is 1. The molecule has 0 aromatic heterocycles. The second-order valence-corrected chi connectivity index (χ2v) is 8.48. The highest BCUT2D eigenvalue weighted by molar-refractivity contribution is 14.0. The van der Waals surface area contributed by atoms with Gasteiger partial charge in [0.25, 0.3) is 0 Å². The van der Waals surface area contributed by atoms with E-state index in [1.807, 2.05) is 0 Å². The number of nitrogens with zero attached hydrogens (tertiary/aromatic N) is 1. The fourth-order valence-corrected chi connectivity index (χ4v) is 3.90. The molecular formula is C19H33IN4O2S. The van der Waals surface area contributed by atoms with Crippen LogP contribution >= 0.6 is 24.0 Å². The van der Waals surface area contributed by atoms with E-state index in [-0.39, 0.29) is 28.9 Å². The van der Waals surface area contributed by atoms with Gasteiger partial charge in [-0.1, -0.05) is 37.8 Å². The summed E-state index contributed by atoms with van der Waals surface area (Å²) in [6, 6.07) is 6.69. The van der Waals surface area contributed by atoms with Crippen molar-refractivity contribution in [2.75, 3.05) is 19.6 Å². The molecule has 0 radical (unpaired) electrons. The van der Waals surface area contributed by atoms with Crippen LogP contribution in [0.5, 0.6) is 0 Å². The number of sulfonamides is 1. The molecule has 0 spiro atoms. The van der Waals surface area contributed by atoms with Gasteiger partial charge >= 0.3 is 0 Å². The molecule has 1 aromatic carbocycles. The molecule has 0 heterocycles. The Kier molecular flexibility index (Phi) is 11.2. The molecule has 0 bridgehead atoms. The van der Waals surface area contributed by atoms with Crippen molar-refractivity contribution in [1.29, 1.82) is 0 Å². The lowest BCUT2D eigenvalue weighted by molar-refractivity contribution is 0.487. The highest BCUT2D eigenvalue weighted by atomic mass is 127. The van der Waals surface area contributed by atoms with Gasteiger partial charge in [-0.05, 0) is 49.8 Å². The average molecular weight is 508 g/mol. The summed E-state index contributed by atoms with van der Waals surface area (Å²) < 4.78 is 22.5. The van der Waals surface area contributed by atoms with E-state index in [2.05, 4.69) is 22.5 Å². The average Bonchev–Trinajstić information content (AvgIpc) is 3.12. The van der Waals surface area contributed by atoms with Gasteiger partial charge in [0.2, 0.25) is 10.0 Å². The van der Waals surface area contributed by atoms with Gasteiger partial charge in [-0.25, -0.2) is 13.6 Å². The molecular weight excluding hydrogens is 475 g/mol. The van der Waals surface area contributed by atoms with Crippen LogP contribution in [0.25, 0.3) is 0 Å². The van der Waals surface area contributed by atoms with Gasteiger partial charge in [-0.15, -0.1) is 24.0 Å². The number of primary sulfonamides is 1. The normalized spacial score (nSPS) is 15.4. The fourth-order valence-electron chi connectivity index (χ4n) is 3.38. The van der Waals surface area contributed by atoms with E-state index in [0.29, 0.717) is 0 Å². The molecule has 1 aliphatic rings. The topological polar surface area (TPSA) is 96.6 Å². The fraction of sp³-hybridized carbons (Fsp3) is 0.632. The zero-order valence-electron chi connectivity index (χ0n) is 16.1. The summed E-state index contributed by atoms with van der Waals surface area (Å²) in [4.78, 5) is 4.80. The maximum atomic E-state index is 11.3. The highest BCUT2D eigenvalue weighted by Crippen LogP contribution is 2.28.